The highest BCUT2D eigenvalue weighted by Gasteiger charge is 2.10. The van der Waals surface area contributed by atoms with Crippen molar-refractivity contribution in [3.05, 3.63) is 54.3 Å². The molecular formula is C19H26ClN3O. The Labute approximate surface area is 149 Å². The number of carbonyl (C=O) groups excluding carboxylic acids is 1. The fraction of sp³-hybridized carbons (Fsp3) is 0.368. The largest absolute Gasteiger partial charge is 0.309 e. The lowest BCUT2D eigenvalue weighted by Gasteiger charge is -2.17. The van der Waals surface area contributed by atoms with E-state index in [2.05, 4.69) is 18.0 Å². The number of halogens is 1. The number of carbonyl (C=O) groups is 1. The summed E-state index contributed by atoms with van der Waals surface area (Å²) in [7, 11) is 0. The van der Waals surface area contributed by atoms with Gasteiger partial charge in [0, 0.05) is 24.7 Å². The minimum absolute atomic E-state index is 0.0204. The van der Waals surface area contributed by atoms with Crippen LogP contribution in [0.3, 0.4) is 0 Å². The number of benzene rings is 1. The van der Waals surface area contributed by atoms with Gasteiger partial charge in [-0.25, -0.2) is 0 Å². The van der Waals surface area contributed by atoms with E-state index in [1.807, 2.05) is 44.2 Å². The summed E-state index contributed by atoms with van der Waals surface area (Å²) >= 11 is 6.14. The second kappa shape index (κ2) is 10.8. The van der Waals surface area contributed by atoms with Gasteiger partial charge in [0.25, 0.3) is 0 Å². The predicted octanol–water partition coefficient (Wildman–Crippen LogP) is 4.61. The third-order valence-corrected chi connectivity index (χ3v) is 3.56. The Balaban J connectivity index is 2.84. The number of nitrogens with two attached hydrogens (primary N) is 1. The first-order chi connectivity index (χ1) is 11.5. The van der Waals surface area contributed by atoms with Crippen LogP contribution in [0.5, 0.6) is 0 Å². The summed E-state index contributed by atoms with van der Waals surface area (Å²) in [5.74, 6) is -0.0204. The van der Waals surface area contributed by atoms with E-state index in [0.29, 0.717) is 12.8 Å². The fourth-order valence-electron chi connectivity index (χ4n) is 2.22. The summed E-state index contributed by atoms with van der Waals surface area (Å²) < 4.78 is 0. The fourth-order valence-corrected chi connectivity index (χ4v) is 2.40. The van der Waals surface area contributed by atoms with E-state index in [4.69, 9.17) is 17.3 Å². The number of hydrogen-bond acceptors (Lipinski definition) is 3. The number of hydrogen-bond donors (Lipinski definition) is 1. The SMILES string of the molecule is CC/C=C(/C)CC(N)N=C(Cl)/C=C/N(C(=O)CC)c1ccccc1. The number of aliphatic imine (C=N–C) groups is 1. The maximum Gasteiger partial charge on any atom is 0.230 e. The number of allylic oxidation sites excluding steroid dienone is 2. The molecule has 0 heterocycles. The Morgan fingerprint density at radius 2 is 2.00 bits per heavy atom. The standard InChI is InChI=1S/C19H26ClN3O/c1-4-9-15(3)14-18(21)22-17(20)12-13-23(19(24)5-2)16-10-7-6-8-11-16/h6-13,18H,4-5,14,21H2,1-3H3/b13-12+,15-9-,22-17?. The number of rotatable bonds is 8. The molecule has 24 heavy (non-hydrogen) atoms. The molecule has 1 aromatic rings. The molecule has 1 unspecified atom stereocenters. The molecule has 5 heteroatoms. The van der Waals surface area contributed by atoms with Crippen molar-refractivity contribution in [2.45, 2.75) is 46.2 Å². The van der Waals surface area contributed by atoms with E-state index in [0.717, 1.165) is 12.1 Å². The number of nitrogens with zero attached hydrogens (tertiary/aromatic N) is 2. The van der Waals surface area contributed by atoms with Gasteiger partial charge in [-0.3, -0.25) is 14.7 Å². The molecule has 0 saturated carbocycles. The van der Waals surface area contributed by atoms with E-state index in [9.17, 15) is 4.79 Å². The Bertz CT molecular complexity index is 608. The van der Waals surface area contributed by atoms with Gasteiger partial charge >= 0.3 is 0 Å². The molecule has 130 valence electrons. The maximum atomic E-state index is 12.1. The van der Waals surface area contributed by atoms with Crippen LogP contribution >= 0.6 is 11.6 Å². The molecule has 0 fully saturated rings. The lowest BCUT2D eigenvalue weighted by atomic mass is 10.1. The van der Waals surface area contributed by atoms with Crippen LogP contribution in [0.2, 0.25) is 0 Å². The zero-order valence-electron chi connectivity index (χ0n) is 14.6. The predicted molar refractivity (Wildman–Crippen MR) is 103 cm³/mol. The number of anilines is 1. The smallest absolute Gasteiger partial charge is 0.230 e. The van der Waals surface area contributed by atoms with E-state index in [-0.39, 0.29) is 11.1 Å². The average Bonchev–Trinajstić information content (AvgIpc) is 2.55. The van der Waals surface area contributed by atoms with Crippen LogP contribution < -0.4 is 10.6 Å². The van der Waals surface area contributed by atoms with E-state index in [1.54, 1.807) is 17.2 Å². The van der Waals surface area contributed by atoms with Gasteiger partial charge in [-0.1, -0.05) is 55.3 Å². The summed E-state index contributed by atoms with van der Waals surface area (Å²) in [5, 5.41) is 0.275. The quantitative estimate of drug-likeness (QED) is 0.551. The molecule has 1 aromatic carbocycles. The van der Waals surface area contributed by atoms with Crippen molar-refractivity contribution in [2.75, 3.05) is 4.90 Å². The van der Waals surface area contributed by atoms with Crippen molar-refractivity contribution < 1.29 is 4.79 Å². The molecule has 0 saturated heterocycles. The molecule has 0 spiro atoms. The van der Waals surface area contributed by atoms with E-state index >= 15 is 0 Å². The second-order valence-electron chi connectivity index (χ2n) is 5.45. The molecule has 0 aliphatic carbocycles. The van der Waals surface area contributed by atoms with E-state index in [1.165, 1.54) is 5.57 Å². The molecule has 1 amide bonds. The van der Waals surface area contributed by atoms with Crippen LogP contribution in [-0.4, -0.2) is 17.2 Å². The summed E-state index contributed by atoms with van der Waals surface area (Å²) in [6.45, 7) is 5.93. The highest BCUT2D eigenvalue weighted by Crippen LogP contribution is 2.15. The zero-order chi connectivity index (χ0) is 17.9. The first-order valence-corrected chi connectivity index (χ1v) is 8.55. The minimum Gasteiger partial charge on any atom is -0.309 e. The third-order valence-electron chi connectivity index (χ3n) is 3.34. The minimum atomic E-state index is -0.392. The van der Waals surface area contributed by atoms with Gasteiger partial charge in [0.1, 0.15) is 11.3 Å². The molecule has 4 nitrogen and oxygen atoms in total. The van der Waals surface area contributed by atoms with Gasteiger partial charge in [0.05, 0.1) is 0 Å². The Morgan fingerprint density at radius 1 is 1.33 bits per heavy atom. The number of para-hydroxylation sites is 1. The summed E-state index contributed by atoms with van der Waals surface area (Å²) in [4.78, 5) is 17.9. The number of amides is 1. The molecule has 0 aromatic heterocycles. The second-order valence-corrected chi connectivity index (χ2v) is 5.84. The molecule has 0 bridgehead atoms. The van der Waals surface area contributed by atoms with Crippen LogP contribution in [-0.2, 0) is 4.79 Å². The monoisotopic (exact) mass is 347 g/mol. The van der Waals surface area contributed by atoms with Crippen LogP contribution in [0.25, 0.3) is 0 Å². The van der Waals surface area contributed by atoms with Gasteiger partial charge in [-0.05, 0) is 31.6 Å². The topological polar surface area (TPSA) is 58.7 Å². The van der Waals surface area contributed by atoms with Crippen molar-refractivity contribution in [1.29, 1.82) is 0 Å². The van der Waals surface area contributed by atoms with Crippen molar-refractivity contribution in [1.82, 2.24) is 0 Å². The summed E-state index contributed by atoms with van der Waals surface area (Å²) in [6, 6.07) is 9.41. The van der Waals surface area contributed by atoms with Crippen LogP contribution in [0.4, 0.5) is 5.69 Å². The lowest BCUT2D eigenvalue weighted by molar-refractivity contribution is -0.117. The van der Waals surface area contributed by atoms with Gasteiger partial charge in [0.15, 0.2) is 0 Å². The third kappa shape index (κ3) is 7.11. The van der Waals surface area contributed by atoms with Gasteiger partial charge in [-0.15, -0.1) is 0 Å². The van der Waals surface area contributed by atoms with Gasteiger partial charge in [-0.2, -0.15) is 0 Å². The Kier molecular flexibility index (Phi) is 9.05. The van der Waals surface area contributed by atoms with Crippen molar-refractivity contribution in [3.8, 4) is 0 Å². The van der Waals surface area contributed by atoms with Crippen molar-refractivity contribution in [3.63, 3.8) is 0 Å². The van der Waals surface area contributed by atoms with Crippen molar-refractivity contribution >= 4 is 28.4 Å². The van der Waals surface area contributed by atoms with Crippen molar-refractivity contribution in [2.24, 2.45) is 10.7 Å². The first-order valence-electron chi connectivity index (χ1n) is 8.17. The Morgan fingerprint density at radius 3 is 2.58 bits per heavy atom. The highest BCUT2D eigenvalue weighted by atomic mass is 35.5. The molecule has 0 radical (unpaired) electrons. The van der Waals surface area contributed by atoms with Crippen LogP contribution in [0, 0.1) is 0 Å². The highest BCUT2D eigenvalue weighted by molar-refractivity contribution is 6.68. The summed E-state index contributed by atoms with van der Waals surface area (Å²) in [6.07, 6.45) is 6.99. The van der Waals surface area contributed by atoms with Gasteiger partial charge < -0.3 is 5.73 Å². The average molecular weight is 348 g/mol. The zero-order valence-corrected chi connectivity index (χ0v) is 15.3. The molecule has 0 aliphatic heterocycles. The first kappa shape index (κ1) is 20.1. The van der Waals surface area contributed by atoms with Crippen LogP contribution in [0.15, 0.2) is 59.2 Å². The Hall–Kier alpha value is -1.91. The molecule has 1 atom stereocenters. The lowest BCUT2D eigenvalue weighted by Crippen LogP contribution is -2.24. The summed E-state index contributed by atoms with van der Waals surface area (Å²) in [5.41, 5.74) is 7.96. The molecular weight excluding hydrogens is 322 g/mol. The van der Waals surface area contributed by atoms with E-state index < -0.39 is 6.17 Å². The maximum absolute atomic E-state index is 12.1. The molecule has 2 N–H and O–H groups in total. The normalized spacial score (nSPS) is 14.0. The molecule has 0 aliphatic rings. The van der Waals surface area contributed by atoms with Gasteiger partial charge in [0.2, 0.25) is 5.91 Å². The molecule has 1 rings (SSSR count). The van der Waals surface area contributed by atoms with Crippen LogP contribution in [0.1, 0.15) is 40.0 Å².